The first kappa shape index (κ1) is 37.9. The summed E-state index contributed by atoms with van der Waals surface area (Å²) in [6.45, 7) is 5.12. The number of nitrogens with zero attached hydrogens (tertiary/aromatic N) is 8. The van der Waals surface area contributed by atoms with Gasteiger partial charge in [0.2, 0.25) is 5.91 Å². The fourth-order valence-electron chi connectivity index (χ4n) is 8.51. The molecule has 4 amide bonds. The number of aromatic nitrogens is 4. The molecule has 8 rings (SSSR count). The van der Waals surface area contributed by atoms with Crippen molar-refractivity contribution in [2.75, 3.05) is 49.1 Å². The number of piperidine rings is 2. The van der Waals surface area contributed by atoms with E-state index in [0.717, 1.165) is 101 Å². The van der Waals surface area contributed by atoms with Gasteiger partial charge in [0.1, 0.15) is 11.8 Å². The first-order valence-corrected chi connectivity index (χ1v) is 20.2. The van der Waals surface area contributed by atoms with Gasteiger partial charge in [0.15, 0.2) is 11.5 Å². The van der Waals surface area contributed by atoms with Crippen LogP contribution < -0.4 is 25.2 Å². The largest absolute Gasteiger partial charge is 0.490 e. The van der Waals surface area contributed by atoms with Gasteiger partial charge in [-0.05, 0) is 93.7 Å². The molecule has 0 spiro atoms. The molecule has 14 nitrogen and oxygen atoms in total. The Hall–Kier alpha value is -4.97. The summed E-state index contributed by atoms with van der Waals surface area (Å²) in [6.07, 6.45) is 9.34. The number of rotatable bonds is 9. The van der Waals surface area contributed by atoms with Gasteiger partial charge in [0, 0.05) is 68.2 Å². The Balaban J connectivity index is 0.768. The van der Waals surface area contributed by atoms with E-state index in [4.69, 9.17) is 38.3 Å². The van der Waals surface area contributed by atoms with Gasteiger partial charge in [0.25, 0.3) is 5.91 Å². The van der Waals surface area contributed by atoms with Gasteiger partial charge in [-0.2, -0.15) is 10.4 Å². The predicted octanol–water partition coefficient (Wildman–Crippen LogP) is 6.12. The van der Waals surface area contributed by atoms with Crippen molar-refractivity contribution in [2.45, 2.75) is 76.0 Å². The fourth-order valence-corrected chi connectivity index (χ4v) is 8.93. The Labute approximate surface area is 335 Å². The van der Waals surface area contributed by atoms with E-state index in [0.29, 0.717) is 45.2 Å². The number of halogens is 2. The Kier molecular flexibility index (Phi) is 11.3. The number of urea groups is 1. The lowest BCUT2D eigenvalue weighted by molar-refractivity contribution is -0.120. The van der Waals surface area contributed by atoms with E-state index in [-0.39, 0.29) is 36.4 Å². The molecule has 0 radical (unpaired) electrons. The Morgan fingerprint density at radius 2 is 1.71 bits per heavy atom. The lowest BCUT2D eigenvalue weighted by atomic mass is 9.92. The predicted molar refractivity (Wildman–Crippen MR) is 212 cm³/mol. The van der Waals surface area contributed by atoms with Crippen molar-refractivity contribution < 1.29 is 19.1 Å². The summed E-state index contributed by atoms with van der Waals surface area (Å²) in [7, 11) is 0. The van der Waals surface area contributed by atoms with Crippen molar-refractivity contribution in [3.05, 3.63) is 70.0 Å². The molecular weight excluding hydrogens is 755 g/mol. The third-order valence-corrected chi connectivity index (χ3v) is 12.1. The molecule has 56 heavy (non-hydrogen) atoms. The molecule has 4 aliphatic rings. The molecule has 5 heterocycles. The third-order valence-electron chi connectivity index (χ3n) is 11.6. The van der Waals surface area contributed by atoms with Crippen LogP contribution in [0.2, 0.25) is 10.0 Å². The Bertz CT molecular complexity index is 2130. The standard InChI is InChI=1S/C40H44Cl2N10O4/c41-27-19-35(51-18-13-38(53)46-40(51)55)32-23-44-52(36(32)20-27)29-11-14-49(15-12-29)24-25-9-16-50(17-10-25)37-8-7-34(47-48-37)39(54)45-28-2-5-30(6-3-28)56-31-4-1-26(22-43)33(42)21-31/h1,4,7-8,19-21,23,25,28-30H,2-3,5-6,9-18,24H2,(H,45,54)(H,46,53,55). The lowest BCUT2D eigenvalue weighted by Crippen LogP contribution is -2.49. The minimum Gasteiger partial charge on any atom is -0.490 e. The highest BCUT2D eigenvalue weighted by atomic mass is 35.5. The van der Waals surface area contributed by atoms with E-state index in [1.807, 2.05) is 12.1 Å². The zero-order chi connectivity index (χ0) is 38.8. The molecule has 1 aliphatic carbocycles. The molecule has 16 heteroatoms. The van der Waals surface area contributed by atoms with Gasteiger partial charge in [-0.3, -0.25) is 24.5 Å². The lowest BCUT2D eigenvalue weighted by Gasteiger charge is -2.38. The van der Waals surface area contributed by atoms with Crippen LogP contribution in [0.1, 0.15) is 79.9 Å². The number of fused-ring (bicyclic) bond motifs is 1. The molecule has 2 aromatic heterocycles. The van der Waals surface area contributed by atoms with Gasteiger partial charge < -0.3 is 19.9 Å². The molecule has 0 atom stereocenters. The van der Waals surface area contributed by atoms with Crippen molar-refractivity contribution >= 4 is 63.5 Å². The maximum absolute atomic E-state index is 13.0. The zero-order valence-electron chi connectivity index (χ0n) is 31.0. The number of carbonyl (C=O) groups is 3. The molecule has 292 valence electrons. The number of anilines is 2. The van der Waals surface area contributed by atoms with Gasteiger partial charge in [-0.15, -0.1) is 10.2 Å². The number of nitrogens with one attached hydrogen (secondary N) is 2. The average molecular weight is 800 g/mol. The molecule has 1 saturated carbocycles. The second kappa shape index (κ2) is 16.6. The SMILES string of the molecule is N#Cc1ccc(OC2CCC(NC(=O)c3ccc(N4CCC(CN5CCC(n6ncc7c(N8CCC(=O)NC8=O)cc(Cl)cc76)CC5)CC4)nn3)CC2)cc1Cl. The number of likely N-dealkylation sites (tertiary alicyclic amines) is 1. The molecule has 2 N–H and O–H groups in total. The van der Waals surface area contributed by atoms with Gasteiger partial charge in [0.05, 0.1) is 40.1 Å². The highest BCUT2D eigenvalue weighted by Gasteiger charge is 2.30. The number of carbonyl (C=O) groups excluding carboxylic acids is 3. The molecule has 3 saturated heterocycles. The van der Waals surface area contributed by atoms with Crippen molar-refractivity contribution in [1.29, 1.82) is 5.26 Å². The first-order chi connectivity index (χ1) is 27.2. The van der Waals surface area contributed by atoms with Gasteiger partial charge in [-0.1, -0.05) is 23.2 Å². The fraction of sp³-hybridized carbons (Fsp3) is 0.475. The second-order valence-corrected chi connectivity index (χ2v) is 16.1. The quantitative estimate of drug-likeness (QED) is 0.202. The maximum atomic E-state index is 13.0. The molecule has 0 bridgehead atoms. The Morgan fingerprint density at radius 1 is 0.929 bits per heavy atom. The summed E-state index contributed by atoms with van der Waals surface area (Å²) in [5, 5.41) is 29.8. The summed E-state index contributed by atoms with van der Waals surface area (Å²) >= 11 is 12.7. The third kappa shape index (κ3) is 8.40. The van der Waals surface area contributed by atoms with E-state index in [1.165, 1.54) is 0 Å². The van der Waals surface area contributed by atoms with E-state index < -0.39 is 6.03 Å². The number of hydrogen-bond acceptors (Lipinski definition) is 10. The van der Waals surface area contributed by atoms with Crippen molar-refractivity contribution in [1.82, 2.24) is 35.5 Å². The van der Waals surface area contributed by atoms with Gasteiger partial charge in [-0.25, -0.2) is 4.79 Å². The normalized spacial score (nSPS) is 21.5. The van der Waals surface area contributed by atoms with E-state index in [9.17, 15) is 14.4 Å². The van der Waals surface area contributed by atoms with Crippen LogP contribution in [0.4, 0.5) is 16.3 Å². The summed E-state index contributed by atoms with van der Waals surface area (Å²) in [4.78, 5) is 43.7. The number of imide groups is 1. The highest BCUT2D eigenvalue weighted by Crippen LogP contribution is 2.36. The smallest absolute Gasteiger partial charge is 0.328 e. The minimum absolute atomic E-state index is 0.0286. The number of nitriles is 1. The van der Waals surface area contributed by atoms with Crippen LogP contribution in [0.25, 0.3) is 10.9 Å². The van der Waals surface area contributed by atoms with E-state index in [2.05, 4.69) is 41.4 Å². The van der Waals surface area contributed by atoms with Crippen LogP contribution in [0.3, 0.4) is 0 Å². The molecule has 2 aromatic carbocycles. The Morgan fingerprint density at radius 3 is 2.41 bits per heavy atom. The van der Waals surface area contributed by atoms with Crippen LogP contribution in [-0.4, -0.2) is 94.1 Å². The van der Waals surface area contributed by atoms with Crippen molar-refractivity contribution in [3.8, 4) is 11.8 Å². The first-order valence-electron chi connectivity index (χ1n) is 19.5. The van der Waals surface area contributed by atoms with Crippen LogP contribution in [0.15, 0.2) is 48.7 Å². The number of amides is 4. The zero-order valence-corrected chi connectivity index (χ0v) is 32.5. The topological polar surface area (TPSA) is 162 Å². The molecule has 4 fully saturated rings. The van der Waals surface area contributed by atoms with Gasteiger partial charge >= 0.3 is 6.03 Å². The van der Waals surface area contributed by atoms with Crippen molar-refractivity contribution in [3.63, 3.8) is 0 Å². The summed E-state index contributed by atoms with van der Waals surface area (Å²) < 4.78 is 8.14. The summed E-state index contributed by atoms with van der Waals surface area (Å²) in [6, 6.07) is 14.3. The number of benzene rings is 2. The number of hydrogen-bond donors (Lipinski definition) is 2. The summed E-state index contributed by atoms with van der Waals surface area (Å²) in [5.74, 6) is 1.55. The minimum atomic E-state index is -0.436. The maximum Gasteiger partial charge on any atom is 0.328 e. The monoisotopic (exact) mass is 798 g/mol. The molecule has 4 aromatic rings. The summed E-state index contributed by atoms with van der Waals surface area (Å²) in [5.41, 5.74) is 2.31. The van der Waals surface area contributed by atoms with E-state index >= 15 is 0 Å². The molecular formula is C40H44Cl2N10O4. The van der Waals surface area contributed by atoms with Crippen LogP contribution >= 0.6 is 23.2 Å². The van der Waals surface area contributed by atoms with Crippen LogP contribution in [0.5, 0.6) is 5.75 Å². The average Bonchev–Trinajstić information content (AvgIpc) is 3.63. The molecule has 3 aliphatic heterocycles. The highest BCUT2D eigenvalue weighted by molar-refractivity contribution is 6.32. The second-order valence-electron chi connectivity index (χ2n) is 15.3. The van der Waals surface area contributed by atoms with Crippen LogP contribution in [-0.2, 0) is 4.79 Å². The van der Waals surface area contributed by atoms with Crippen LogP contribution in [0, 0.1) is 17.2 Å². The molecule has 0 unspecified atom stereocenters. The van der Waals surface area contributed by atoms with E-state index in [1.54, 1.807) is 41.4 Å². The number of ether oxygens (including phenoxy) is 1. The van der Waals surface area contributed by atoms with Crippen molar-refractivity contribution in [2.24, 2.45) is 5.92 Å².